The zero-order valence-electron chi connectivity index (χ0n) is 14.6. The molecule has 0 aromatic carbocycles. The molecule has 1 saturated heterocycles. The van der Waals surface area contributed by atoms with Gasteiger partial charge in [-0.25, -0.2) is 0 Å². The van der Waals surface area contributed by atoms with Crippen LogP contribution in [0.25, 0.3) is 0 Å². The summed E-state index contributed by atoms with van der Waals surface area (Å²) in [7, 11) is 0. The second-order valence-electron chi connectivity index (χ2n) is 7.85. The first-order chi connectivity index (χ1) is 9.74. The van der Waals surface area contributed by atoms with E-state index in [-0.39, 0.29) is 18.0 Å². The molecule has 0 aromatic rings. The lowest BCUT2D eigenvalue weighted by Crippen LogP contribution is -2.45. The summed E-state index contributed by atoms with van der Waals surface area (Å²) in [6.07, 6.45) is 4.24. The van der Waals surface area contributed by atoms with E-state index in [1.54, 1.807) is 0 Å². The molecule has 0 spiro atoms. The summed E-state index contributed by atoms with van der Waals surface area (Å²) in [5.74, 6) is 0.891. The van der Waals surface area contributed by atoms with Crippen molar-refractivity contribution in [3.63, 3.8) is 0 Å². The molecule has 1 fully saturated rings. The van der Waals surface area contributed by atoms with E-state index in [1.807, 2.05) is 13.8 Å². The van der Waals surface area contributed by atoms with Crippen molar-refractivity contribution in [3.05, 3.63) is 0 Å². The van der Waals surface area contributed by atoms with E-state index >= 15 is 0 Å². The topological polar surface area (TPSA) is 58.4 Å². The van der Waals surface area contributed by atoms with E-state index in [2.05, 4.69) is 31.0 Å². The first kappa shape index (κ1) is 18.4. The van der Waals surface area contributed by atoms with Crippen LogP contribution >= 0.6 is 0 Å². The van der Waals surface area contributed by atoms with E-state index in [1.165, 1.54) is 19.3 Å². The van der Waals surface area contributed by atoms with Gasteiger partial charge in [0.05, 0.1) is 0 Å². The maximum absolute atomic E-state index is 12.0. The minimum Gasteiger partial charge on any atom is -0.354 e. The third-order valence-corrected chi connectivity index (χ3v) is 4.65. The normalized spacial score (nSPS) is 22.9. The van der Waals surface area contributed by atoms with Crippen LogP contribution in [0, 0.1) is 11.3 Å². The van der Waals surface area contributed by atoms with Gasteiger partial charge in [-0.05, 0) is 57.5 Å². The molecule has 21 heavy (non-hydrogen) atoms. The molecule has 0 aliphatic carbocycles. The van der Waals surface area contributed by atoms with Crippen molar-refractivity contribution in [1.82, 2.24) is 10.2 Å². The summed E-state index contributed by atoms with van der Waals surface area (Å²) in [4.78, 5) is 14.4. The number of hydrogen-bond donors (Lipinski definition) is 2. The predicted molar refractivity (Wildman–Crippen MR) is 89.1 cm³/mol. The summed E-state index contributed by atoms with van der Waals surface area (Å²) in [5, 5.41) is 2.97. The molecule has 1 aliphatic rings. The Bertz CT molecular complexity index is 322. The van der Waals surface area contributed by atoms with Gasteiger partial charge in [0.15, 0.2) is 0 Å². The smallest absolute Gasteiger partial charge is 0.221 e. The Labute approximate surface area is 130 Å². The third kappa shape index (κ3) is 6.35. The summed E-state index contributed by atoms with van der Waals surface area (Å²) >= 11 is 0. The zero-order valence-corrected chi connectivity index (χ0v) is 14.6. The minimum absolute atomic E-state index is 0.122. The Balaban J connectivity index is 2.55. The Morgan fingerprint density at radius 1 is 1.29 bits per heavy atom. The van der Waals surface area contributed by atoms with Crippen LogP contribution in [-0.4, -0.2) is 42.5 Å². The molecule has 4 nitrogen and oxygen atoms in total. The van der Waals surface area contributed by atoms with Crippen LogP contribution in [0.2, 0.25) is 0 Å². The Morgan fingerprint density at radius 2 is 1.95 bits per heavy atom. The quantitative estimate of drug-likeness (QED) is 0.819. The highest BCUT2D eigenvalue weighted by Crippen LogP contribution is 2.34. The predicted octanol–water partition coefficient (Wildman–Crippen LogP) is 2.38. The Hall–Kier alpha value is -0.610. The number of hydrogen-bond acceptors (Lipinski definition) is 3. The molecule has 0 bridgehead atoms. The van der Waals surface area contributed by atoms with Crippen molar-refractivity contribution in [2.75, 3.05) is 19.6 Å². The molecule has 4 heteroatoms. The van der Waals surface area contributed by atoms with E-state index in [0.717, 1.165) is 19.0 Å². The zero-order chi connectivity index (χ0) is 16.0. The van der Waals surface area contributed by atoms with Crippen LogP contribution in [0.1, 0.15) is 60.3 Å². The molecular formula is C17H35N3O. The number of carbonyl (C=O) groups excluding carboxylic acids is 1. The summed E-state index contributed by atoms with van der Waals surface area (Å²) in [6, 6.07) is 0.382. The van der Waals surface area contributed by atoms with E-state index in [0.29, 0.717) is 18.4 Å². The monoisotopic (exact) mass is 297 g/mol. The number of likely N-dealkylation sites (tertiary alicyclic amines) is 1. The molecule has 1 heterocycles. The van der Waals surface area contributed by atoms with Gasteiger partial charge in [0.25, 0.3) is 0 Å². The number of nitrogens with two attached hydrogens (primary N) is 1. The van der Waals surface area contributed by atoms with Gasteiger partial charge in [-0.2, -0.15) is 0 Å². The van der Waals surface area contributed by atoms with Gasteiger partial charge < -0.3 is 11.1 Å². The fraction of sp³-hybridized carbons (Fsp3) is 0.941. The maximum atomic E-state index is 12.0. The molecule has 3 N–H and O–H groups in total. The molecule has 1 rings (SSSR count). The van der Waals surface area contributed by atoms with Crippen LogP contribution < -0.4 is 11.1 Å². The minimum atomic E-state index is 0.122. The van der Waals surface area contributed by atoms with Crippen LogP contribution in [0.5, 0.6) is 0 Å². The van der Waals surface area contributed by atoms with E-state index in [4.69, 9.17) is 5.73 Å². The average Bonchev–Trinajstić information content (AvgIpc) is 2.60. The van der Waals surface area contributed by atoms with Crippen LogP contribution in [0.15, 0.2) is 0 Å². The van der Waals surface area contributed by atoms with Gasteiger partial charge in [0, 0.05) is 25.0 Å². The lowest BCUT2D eigenvalue weighted by molar-refractivity contribution is -0.122. The lowest BCUT2D eigenvalue weighted by Gasteiger charge is -2.31. The molecule has 1 amide bonds. The van der Waals surface area contributed by atoms with Gasteiger partial charge >= 0.3 is 0 Å². The molecule has 0 saturated carbocycles. The number of rotatable bonds is 5. The maximum Gasteiger partial charge on any atom is 0.221 e. The highest BCUT2D eigenvalue weighted by atomic mass is 16.1. The van der Waals surface area contributed by atoms with Crippen molar-refractivity contribution < 1.29 is 4.79 Å². The second-order valence-corrected chi connectivity index (χ2v) is 7.85. The largest absolute Gasteiger partial charge is 0.354 e. The van der Waals surface area contributed by atoms with Gasteiger partial charge in [0.2, 0.25) is 5.91 Å². The summed E-state index contributed by atoms with van der Waals surface area (Å²) in [6.45, 7) is 13.7. The number of carbonyl (C=O) groups is 1. The highest BCUT2D eigenvalue weighted by molar-refractivity contribution is 5.76. The fourth-order valence-corrected chi connectivity index (χ4v) is 3.31. The molecule has 2 unspecified atom stereocenters. The van der Waals surface area contributed by atoms with Crippen LogP contribution in [-0.2, 0) is 4.79 Å². The lowest BCUT2D eigenvalue weighted by atomic mass is 9.77. The van der Waals surface area contributed by atoms with Crippen LogP contribution in [0.4, 0.5) is 0 Å². The Morgan fingerprint density at radius 3 is 2.48 bits per heavy atom. The number of nitrogens with one attached hydrogen (secondary N) is 1. The Kier molecular flexibility index (Phi) is 7.14. The van der Waals surface area contributed by atoms with Crippen LogP contribution in [0.3, 0.4) is 0 Å². The number of amides is 1. The standard InChI is InChI=1S/C17H35N3O/c1-13(2)19-16(21)11-15(12-18)20-9-6-7-14(8-10-20)17(3,4)5/h13-15H,6-12,18H2,1-5H3,(H,19,21). The summed E-state index contributed by atoms with van der Waals surface area (Å²) < 4.78 is 0. The number of nitrogens with zero attached hydrogens (tertiary/aromatic N) is 1. The van der Waals surface area contributed by atoms with Crippen molar-refractivity contribution in [2.45, 2.75) is 72.4 Å². The van der Waals surface area contributed by atoms with Crippen molar-refractivity contribution in [2.24, 2.45) is 17.1 Å². The molecular weight excluding hydrogens is 262 g/mol. The van der Waals surface area contributed by atoms with Gasteiger partial charge in [0.1, 0.15) is 0 Å². The first-order valence-corrected chi connectivity index (χ1v) is 8.47. The van der Waals surface area contributed by atoms with Gasteiger partial charge in [-0.15, -0.1) is 0 Å². The molecule has 0 radical (unpaired) electrons. The average molecular weight is 297 g/mol. The fourth-order valence-electron chi connectivity index (χ4n) is 3.31. The van der Waals surface area contributed by atoms with Crippen molar-refractivity contribution in [1.29, 1.82) is 0 Å². The molecule has 0 aromatic heterocycles. The SMILES string of the molecule is CC(C)NC(=O)CC(CN)N1CCCC(C(C)(C)C)CC1. The van der Waals surface area contributed by atoms with Crippen molar-refractivity contribution in [3.8, 4) is 0 Å². The van der Waals surface area contributed by atoms with E-state index in [9.17, 15) is 4.79 Å². The highest BCUT2D eigenvalue weighted by Gasteiger charge is 2.29. The molecule has 1 aliphatic heterocycles. The van der Waals surface area contributed by atoms with Gasteiger partial charge in [-0.1, -0.05) is 20.8 Å². The molecule has 124 valence electrons. The van der Waals surface area contributed by atoms with Crippen molar-refractivity contribution >= 4 is 5.91 Å². The second kappa shape index (κ2) is 8.14. The van der Waals surface area contributed by atoms with E-state index < -0.39 is 0 Å². The third-order valence-electron chi connectivity index (χ3n) is 4.65. The first-order valence-electron chi connectivity index (χ1n) is 8.47. The molecule has 2 atom stereocenters. The summed E-state index contributed by atoms with van der Waals surface area (Å²) in [5.41, 5.74) is 6.31. The van der Waals surface area contributed by atoms with Gasteiger partial charge in [-0.3, -0.25) is 9.69 Å².